The normalized spacial score (nSPS) is 14.4. The zero-order valence-corrected chi connectivity index (χ0v) is 13.1. The van der Waals surface area contributed by atoms with E-state index >= 15 is 0 Å². The first-order valence-corrected chi connectivity index (χ1v) is 8.24. The summed E-state index contributed by atoms with van der Waals surface area (Å²) in [5.41, 5.74) is 0.392. The molecular formula is C14H21NO5S. The van der Waals surface area contributed by atoms with Gasteiger partial charge in [-0.3, -0.25) is 4.79 Å². The van der Waals surface area contributed by atoms with Gasteiger partial charge in [-0.1, -0.05) is 50.1 Å². The van der Waals surface area contributed by atoms with Gasteiger partial charge in [-0.05, 0) is 6.42 Å². The van der Waals surface area contributed by atoms with Gasteiger partial charge in [0.15, 0.2) is 0 Å². The Bertz CT molecular complexity index is 558. The van der Waals surface area contributed by atoms with E-state index in [4.69, 9.17) is 14.1 Å². The third kappa shape index (κ3) is 6.24. The van der Waals surface area contributed by atoms with E-state index < -0.39 is 22.1 Å². The third-order valence-electron chi connectivity index (χ3n) is 2.87. The number of hydrogen-bond donors (Lipinski definition) is 1. The molecule has 6 nitrogen and oxygen atoms in total. The van der Waals surface area contributed by atoms with Gasteiger partial charge in [0.2, 0.25) is 0 Å². The Morgan fingerprint density at radius 2 is 1.86 bits per heavy atom. The number of carbonyl (C=O) groups is 1. The maximum atomic E-state index is 11.9. The molecule has 0 bridgehead atoms. The van der Waals surface area contributed by atoms with E-state index in [9.17, 15) is 13.2 Å². The number of unbranched alkanes of at least 4 members (excludes halogenated alkanes) is 2. The minimum absolute atomic E-state index is 0.199. The molecule has 0 amide bonds. The molecule has 0 spiro atoms. The van der Waals surface area contributed by atoms with Crippen LogP contribution < -0.4 is 5.14 Å². The Kier molecular flexibility index (Phi) is 6.32. The van der Waals surface area contributed by atoms with Crippen LogP contribution in [0, 0.1) is 0 Å². The fourth-order valence-corrected chi connectivity index (χ4v) is 2.45. The van der Waals surface area contributed by atoms with Crippen molar-refractivity contribution in [2.45, 2.75) is 45.3 Å². The van der Waals surface area contributed by atoms with E-state index in [1.807, 2.05) is 6.92 Å². The van der Waals surface area contributed by atoms with Crippen LogP contribution in [0.4, 0.5) is 0 Å². The number of ether oxygens (including phenoxy) is 1. The smallest absolute Gasteiger partial charge is 0.337 e. The molecule has 0 radical (unpaired) electrons. The molecule has 1 aromatic rings. The fraction of sp³-hybridized carbons (Fsp3) is 0.500. The Balaban J connectivity index is 2.90. The summed E-state index contributed by atoms with van der Waals surface area (Å²) < 4.78 is 32.5. The van der Waals surface area contributed by atoms with Crippen LogP contribution >= 0.6 is 0 Å². The molecule has 0 aromatic heterocycles. The highest BCUT2D eigenvalue weighted by Crippen LogP contribution is 2.28. The van der Waals surface area contributed by atoms with Crippen molar-refractivity contribution in [3.8, 4) is 0 Å². The molecule has 0 aliphatic heterocycles. The second kappa shape index (κ2) is 7.53. The predicted octanol–water partition coefficient (Wildman–Crippen LogP) is 2.20. The molecular weight excluding hydrogens is 294 g/mol. The van der Waals surface area contributed by atoms with E-state index in [-0.39, 0.29) is 6.42 Å². The summed E-state index contributed by atoms with van der Waals surface area (Å²) in [5.74, 6) is -2.29. The van der Waals surface area contributed by atoms with Crippen molar-refractivity contribution in [3.05, 3.63) is 35.9 Å². The summed E-state index contributed by atoms with van der Waals surface area (Å²) in [5, 5.41) is 4.91. The standard InChI is InChI=1S/C14H21NO5S/c1-3-4-6-11-13(16)19-14(2,20-21(15,17)18)12-9-7-5-8-10-12/h5,7-10H,3-4,6,11H2,1-2H3,(H2,15,17,18). The van der Waals surface area contributed by atoms with E-state index in [0.29, 0.717) is 12.0 Å². The van der Waals surface area contributed by atoms with Gasteiger partial charge in [0.25, 0.3) is 5.79 Å². The van der Waals surface area contributed by atoms with Crippen LogP contribution in [-0.4, -0.2) is 14.4 Å². The fourth-order valence-electron chi connectivity index (χ4n) is 1.87. The molecule has 1 unspecified atom stereocenters. The van der Waals surface area contributed by atoms with E-state index in [1.54, 1.807) is 30.3 Å². The predicted molar refractivity (Wildman–Crippen MR) is 78.2 cm³/mol. The Hall–Kier alpha value is -1.44. The average molecular weight is 315 g/mol. The highest BCUT2D eigenvalue weighted by atomic mass is 32.2. The van der Waals surface area contributed by atoms with Gasteiger partial charge in [0, 0.05) is 18.9 Å². The number of nitrogens with two attached hydrogens (primary N) is 1. The quantitative estimate of drug-likeness (QED) is 0.451. The molecule has 21 heavy (non-hydrogen) atoms. The molecule has 0 heterocycles. The van der Waals surface area contributed by atoms with Crippen molar-refractivity contribution in [1.82, 2.24) is 0 Å². The first kappa shape index (κ1) is 17.6. The number of rotatable bonds is 8. The molecule has 1 aromatic carbocycles. The molecule has 0 aliphatic carbocycles. The van der Waals surface area contributed by atoms with Crippen LogP contribution in [0.5, 0.6) is 0 Å². The first-order valence-electron chi connectivity index (χ1n) is 6.77. The minimum atomic E-state index is -4.28. The lowest BCUT2D eigenvalue weighted by atomic mass is 10.1. The lowest BCUT2D eigenvalue weighted by Gasteiger charge is -2.28. The van der Waals surface area contributed by atoms with Crippen molar-refractivity contribution in [2.75, 3.05) is 0 Å². The monoisotopic (exact) mass is 315 g/mol. The van der Waals surface area contributed by atoms with Crippen molar-refractivity contribution < 1.29 is 22.1 Å². The lowest BCUT2D eigenvalue weighted by molar-refractivity contribution is -0.195. The van der Waals surface area contributed by atoms with E-state index in [0.717, 1.165) is 12.8 Å². The van der Waals surface area contributed by atoms with Gasteiger partial charge >= 0.3 is 16.3 Å². The summed E-state index contributed by atoms with van der Waals surface area (Å²) in [6, 6.07) is 8.33. The largest absolute Gasteiger partial charge is 0.428 e. The van der Waals surface area contributed by atoms with Crippen molar-refractivity contribution in [2.24, 2.45) is 5.14 Å². The molecule has 1 rings (SSSR count). The molecule has 0 aliphatic rings. The Morgan fingerprint density at radius 3 is 2.38 bits per heavy atom. The summed E-state index contributed by atoms with van der Waals surface area (Å²) >= 11 is 0. The molecule has 2 N–H and O–H groups in total. The SMILES string of the molecule is CCCCCC(=O)OC(C)(OS(N)(=O)=O)c1ccccc1. The molecule has 0 saturated carbocycles. The second-order valence-corrected chi connectivity index (χ2v) is 5.97. The third-order valence-corrected chi connectivity index (χ3v) is 3.42. The number of benzene rings is 1. The van der Waals surface area contributed by atoms with Crippen LogP contribution in [0.3, 0.4) is 0 Å². The number of carbonyl (C=O) groups excluding carboxylic acids is 1. The molecule has 1 atom stereocenters. The summed E-state index contributed by atoms with van der Waals surface area (Å²) in [6.45, 7) is 3.37. The topological polar surface area (TPSA) is 95.7 Å². The van der Waals surface area contributed by atoms with Crippen LogP contribution in [0.1, 0.15) is 45.1 Å². The lowest BCUT2D eigenvalue weighted by Crippen LogP contribution is -2.37. The van der Waals surface area contributed by atoms with Crippen molar-refractivity contribution in [1.29, 1.82) is 0 Å². The van der Waals surface area contributed by atoms with Gasteiger partial charge in [-0.25, -0.2) is 9.32 Å². The van der Waals surface area contributed by atoms with Gasteiger partial charge in [-0.2, -0.15) is 8.42 Å². The number of hydrogen-bond acceptors (Lipinski definition) is 5. The summed E-state index contributed by atoms with van der Waals surface area (Å²) in [4.78, 5) is 11.9. The van der Waals surface area contributed by atoms with Gasteiger partial charge in [0.1, 0.15) is 0 Å². The summed E-state index contributed by atoms with van der Waals surface area (Å²) in [7, 11) is -4.28. The Labute approximate surface area is 125 Å². The number of esters is 1. The molecule has 0 fully saturated rings. The maximum Gasteiger partial charge on any atom is 0.337 e. The average Bonchev–Trinajstić information content (AvgIpc) is 2.37. The second-order valence-electron chi connectivity index (χ2n) is 4.82. The zero-order valence-electron chi connectivity index (χ0n) is 12.2. The summed E-state index contributed by atoms with van der Waals surface area (Å²) in [6.07, 6.45) is 2.74. The highest BCUT2D eigenvalue weighted by Gasteiger charge is 2.36. The van der Waals surface area contributed by atoms with Crippen LogP contribution in [0.2, 0.25) is 0 Å². The molecule has 118 valence electrons. The zero-order chi connectivity index (χ0) is 15.9. The van der Waals surface area contributed by atoms with Crippen LogP contribution in [0.25, 0.3) is 0 Å². The minimum Gasteiger partial charge on any atom is -0.428 e. The van der Waals surface area contributed by atoms with Gasteiger partial charge < -0.3 is 4.74 Å². The van der Waals surface area contributed by atoms with Crippen LogP contribution in [-0.2, 0) is 29.8 Å². The molecule has 7 heteroatoms. The first-order chi connectivity index (χ1) is 9.77. The van der Waals surface area contributed by atoms with Crippen LogP contribution in [0.15, 0.2) is 30.3 Å². The van der Waals surface area contributed by atoms with Gasteiger partial charge in [-0.15, -0.1) is 0 Å². The van der Waals surface area contributed by atoms with E-state index in [2.05, 4.69) is 0 Å². The van der Waals surface area contributed by atoms with Crippen molar-refractivity contribution >= 4 is 16.3 Å². The maximum absolute atomic E-state index is 11.9. The molecule has 0 saturated heterocycles. The van der Waals surface area contributed by atoms with Crippen molar-refractivity contribution in [3.63, 3.8) is 0 Å². The van der Waals surface area contributed by atoms with E-state index in [1.165, 1.54) is 6.92 Å². The Morgan fingerprint density at radius 1 is 1.24 bits per heavy atom. The van der Waals surface area contributed by atoms with Gasteiger partial charge in [0.05, 0.1) is 0 Å². The highest BCUT2D eigenvalue weighted by molar-refractivity contribution is 7.84.